The summed E-state index contributed by atoms with van der Waals surface area (Å²) >= 11 is 3.33. The molecular formula is C16H14BrN3O2. The monoisotopic (exact) mass is 359 g/mol. The standard InChI is InChI=1S/C16H14BrN3O2/c1-2-8-19-16(22)14-10-11(7-9-18-14)15(21)20-13-5-3-12(17)4-6-13/h2-7,9-10H,1,8H2,(H,19,22)(H,20,21). The third kappa shape index (κ3) is 4.26. The molecular weight excluding hydrogens is 346 g/mol. The maximum atomic E-state index is 12.2. The second-order valence-corrected chi connectivity index (χ2v) is 5.31. The number of carbonyl (C=O) groups excluding carboxylic acids is 2. The fourth-order valence-corrected chi connectivity index (χ4v) is 1.95. The predicted molar refractivity (Wildman–Crippen MR) is 88.9 cm³/mol. The summed E-state index contributed by atoms with van der Waals surface area (Å²) in [6.45, 7) is 3.87. The summed E-state index contributed by atoms with van der Waals surface area (Å²) in [4.78, 5) is 28.0. The summed E-state index contributed by atoms with van der Waals surface area (Å²) in [6, 6.07) is 10.2. The van der Waals surface area contributed by atoms with Gasteiger partial charge < -0.3 is 10.6 Å². The molecule has 22 heavy (non-hydrogen) atoms. The molecule has 2 amide bonds. The van der Waals surface area contributed by atoms with Gasteiger partial charge in [-0.2, -0.15) is 0 Å². The Hall–Kier alpha value is -2.47. The van der Waals surface area contributed by atoms with Crippen LogP contribution in [0.15, 0.2) is 59.7 Å². The number of hydrogen-bond acceptors (Lipinski definition) is 3. The highest BCUT2D eigenvalue weighted by molar-refractivity contribution is 9.10. The van der Waals surface area contributed by atoms with Crippen LogP contribution in [0.1, 0.15) is 20.8 Å². The van der Waals surface area contributed by atoms with Crippen molar-refractivity contribution in [2.24, 2.45) is 0 Å². The van der Waals surface area contributed by atoms with Crippen LogP contribution >= 0.6 is 15.9 Å². The zero-order valence-electron chi connectivity index (χ0n) is 11.7. The first-order valence-corrected chi connectivity index (χ1v) is 7.31. The normalized spacial score (nSPS) is 9.86. The molecule has 0 bridgehead atoms. The Balaban J connectivity index is 2.11. The van der Waals surface area contributed by atoms with E-state index in [0.29, 0.717) is 17.8 Å². The molecule has 0 fully saturated rings. The van der Waals surface area contributed by atoms with Crippen LogP contribution in [0.2, 0.25) is 0 Å². The number of anilines is 1. The number of halogens is 1. The first kappa shape index (κ1) is 15.9. The van der Waals surface area contributed by atoms with Crippen LogP contribution in [-0.4, -0.2) is 23.3 Å². The highest BCUT2D eigenvalue weighted by atomic mass is 79.9. The molecule has 0 aliphatic heterocycles. The van der Waals surface area contributed by atoms with Gasteiger partial charge in [-0.1, -0.05) is 22.0 Å². The summed E-state index contributed by atoms with van der Waals surface area (Å²) in [6.07, 6.45) is 3.00. The number of hydrogen-bond donors (Lipinski definition) is 2. The van der Waals surface area contributed by atoms with E-state index in [0.717, 1.165) is 4.47 Å². The van der Waals surface area contributed by atoms with E-state index >= 15 is 0 Å². The Morgan fingerprint density at radius 2 is 1.91 bits per heavy atom. The highest BCUT2D eigenvalue weighted by Gasteiger charge is 2.11. The number of pyridine rings is 1. The van der Waals surface area contributed by atoms with E-state index in [-0.39, 0.29) is 17.5 Å². The van der Waals surface area contributed by atoms with E-state index in [1.54, 1.807) is 24.3 Å². The molecule has 0 spiro atoms. The molecule has 6 heteroatoms. The van der Waals surface area contributed by atoms with Gasteiger partial charge in [-0.25, -0.2) is 0 Å². The number of benzene rings is 1. The molecule has 2 N–H and O–H groups in total. The molecule has 0 atom stereocenters. The first-order valence-electron chi connectivity index (χ1n) is 6.52. The summed E-state index contributed by atoms with van der Waals surface area (Å²) in [5, 5.41) is 5.37. The van der Waals surface area contributed by atoms with E-state index in [1.807, 2.05) is 12.1 Å². The minimum Gasteiger partial charge on any atom is -0.347 e. The van der Waals surface area contributed by atoms with Crippen LogP contribution in [0, 0.1) is 0 Å². The molecule has 0 unspecified atom stereocenters. The van der Waals surface area contributed by atoms with Crippen molar-refractivity contribution in [1.82, 2.24) is 10.3 Å². The van der Waals surface area contributed by atoms with Crippen LogP contribution in [0.25, 0.3) is 0 Å². The molecule has 0 aliphatic carbocycles. The molecule has 112 valence electrons. The molecule has 2 rings (SSSR count). The van der Waals surface area contributed by atoms with Crippen molar-refractivity contribution in [2.45, 2.75) is 0 Å². The predicted octanol–water partition coefficient (Wildman–Crippen LogP) is 3.01. The molecule has 0 radical (unpaired) electrons. The van der Waals surface area contributed by atoms with Crippen LogP contribution in [-0.2, 0) is 0 Å². The molecule has 0 saturated heterocycles. The average Bonchev–Trinajstić information content (AvgIpc) is 2.54. The number of aromatic nitrogens is 1. The van der Waals surface area contributed by atoms with Gasteiger partial charge in [0, 0.05) is 28.5 Å². The smallest absolute Gasteiger partial charge is 0.270 e. The van der Waals surface area contributed by atoms with E-state index in [4.69, 9.17) is 0 Å². The summed E-state index contributed by atoms with van der Waals surface area (Å²) < 4.78 is 0.926. The van der Waals surface area contributed by atoms with Crippen molar-refractivity contribution >= 4 is 33.4 Å². The molecule has 1 heterocycles. The fourth-order valence-electron chi connectivity index (χ4n) is 1.69. The van der Waals surface area contributed by atoms with Crippen molar-refractivity contribution in [3.05, 3.63) is 71.0 Å². The van der Waals surface area contributed by atoms with Crippen molar-refractivity contribution in [2.75, 3.05) is 11.9 Å². The van der Waals surface area contributed by atoms with Gasteiger partial charge in [0.15, 0.2) is 0 Å². The van der Waals surface area contributed by atoms with Crippen molar-refractivity contribution < 1.29 is 9.59 Å². The van der Waals surface area contributed by atoms with Gasteiger partial charge in [0.25, 0.3) is 11.8 Å². The quantitative estimate of drug-likeness (QED) is 0.806. The largest absolute Gasteiger partial charge is 0.347 e. The van der Waals surface area contributed by atoms with Crippen LogP contribution in [0.3, 0.4) is 0 Å². The number of nitrogens with one attached hydrogen (secondary N) is 2. The molecule has 2 aromatic rings. The van der Waals surface area contributed by atoms with Gasteiger partial charge >= 0.3 is 0 Å². The Kier molecular flexibility index (Phi) is 5.43. The van der Waals surface area contributed by atoms with Crippen LogP contribution < -0.4 is 10.6 Å². The lowest BCUT2D eigenvalue weighted by atomic mass is 10.2. The first-order chi connectivity index (χ1) is 10.6. The number of carbonyl (C=O) groups is 2. The van der Waals surface area contributed by atoms with Crippen LogP contribution in [0.5, 0.6) is 0 Å². The maximum Gasteiger partial charge on any atom is 0.270 e. The van der Waals surface area contributed by atoms with E-state index in [9.17, 15) is 9.59 Å². The Labute approximate surface area is 136 Å². The lowest BCUT2D eigenvalue weighted by molar-refractivity contribution is 0.0953. The molecule has 5 nitrogen and oxygen atoms in total. The van der Waals surface area contributed by atoms with Gasteiger partial charge in [-0.05, 0) is 36.4 Å². The summed E-state index contributed by atoms with van der Waals surface area (Å²) in [5.41, 5.74) is 1.22. The van der Waals surface area contributed by atoms with Gasteiger partial charge in [0.1, 0.15) is 5.69 Å². The van der Waals surface area contributed by atoms with E-state index in [1.165, 1.54) is 12.3 Å². The van der Waals surface area contributed by atoms with Crippen LogP contribution in [0.4, 0.5) is 5.69 Å². The van der Waals surface area contributed by atoms with Gasteiger partial charge in [0.05, 0.1) is 0 Å². The number of amides is 2. The molecule has 1 aromatic heterocycles. The van der Waals surface area contributed by atoms with Gasteiger partial charge in [-0.3, -0.25) is 14.6 Å². The van der Waals surface area contributed by atoms with E-state index in [2.05, 4.69) is 38.1 Å². The van der Waals surface area contributed by atoms with Gasteiger partial charge in [0.2, 0.25) is 0 Å². The zero-order chi connectivity index (χ0) is 15.9. The highest BCUT2D eigenvalue weighted by Crippen LogP contribution is 2.15. The zero-order valence-corrected chi connectivity index (χ0v) is 13.3. The molecule has 0 saturated carbocycles. The minimum atomic E-state index is -0.349. The van der Waals surface area contributed by atoms with Gasteiger partial charge in [-0.15, -0.1) is 6.58 Å². The van der Waals surface area contributed by atoms with Crippen molar-refractivity contribution in [1.29, 1.82) is 0 Å². The van der Waals surface area contributed by atoms with Crippen molar-refractivity contribution in [3.8, 4) is 0 Å². The Morgan fingerprint density at radius 3 is 2.59 bits per heavy atom. The summed E-state index contributed by atoms with van der Waals surface area (Å²) in [5.74, 6) is -0.652. The minimum absolute atomic E-state index is 0.185. The fraction of sp³-hybridized carbons (Fsp3) is 0.0625. The van der Waals surface area contributed by atoms with E-state index < -0.39 is 0 Å². The second kappa shape index (κ2) is 7.51. The third-order valence-electron chi connectivity index (χ3n) is 2.76. The van der Waals surface area contributed by atoms with Crippen molar-refractivity contribution in [3.63, 3.8) is 0 Å². The number of nitrogens with zero attached hydrogens (tertiary/aromatic N) is 1. The topological polar surface area (TPSA) is 71.1 Å². The summed E-state index contributed by atoms with van der Waals surface area (Å²) in [7, 11) is 0. The average molecular weight is 360 g/mol. The third-order valence-corrected chi connectivity index (χ3v) is 3.29. The SMILES string of the molecule is C=CCNC(=O)c1cc(C(=O)Nc2ccc(Br)cc2)ccn1. The molecule has 1 aromatic carbocycles. The maximum absolute atomic E-state index is 12.2. The Bertz CT molecular complexity index is 699. The lowest BCUT2D eigenvalue weighted by Crippen LogP contribution is -2.24. The molecule has 0 aliphatic rings. The second-order valence-electron chi connectivity index (χ2n) is 4.39. The Morgan fingerprint density at radius 1 is 1.18 bits per heavy atom. The number of rotatable bonds is 5. The lowest BCUT2D eigenvalue weighted by Gasteiger charge is -2.07.